The summed E-state index contributed by atoms with van der Waals surface area (Å²) in [4.78, 5) is 11.7. The first kappa shape index (κ1) is 12.6. The maximum Gasteiger partial charge on any atom is 0.324 e. The number of para-hydroxylation sites is 1. The van der Waals surface area contributed by atoms with Crippen LogP contribution in [-0.4, -0.2) is 22.1 Å². The fourth-order valence-corrected chi connectivity index (χ4v) is 1.42. The molecule has 0 radical (unpaired) electrons. The molecule has 0 saturated heterocycles. The van der Waals surface area contributed by atoms with Crippen molar-refractivity contribution in [1.29, 1.82) is 5.41 Å². The van der Waals surface area contributed by atoms with E-state index in [4.69, 9.17) is 11.1 Å². The van der Waals surface area contributed by atoms with Crippen molar-refractivity contribution in [3.8, 4) is 0 Å². The van der Waals surface area contributed by atoms with Gasteiger partial charge in [0.2, 0.25) is 0 Å². The zero-order chi connectivity index (χ0) is 13.8. The Hall–Kier alpha value is -2.90. The van der Waals surface area contributed by atoms with E-state index in [9.17, 15) is 9.18 Å². The maximum absolute atomic E-state index is 13.3. The van der Waals surface area contributed by atoms with Crippen LogP contribution in [0, 0.1) is 11.2 Å². The Morgan fingerprint density at radius 3 is 2.79 bits per heavy atom. The molecule has 19 heavy (non-hydrogen) atoms. The zero-order valence-electron chi connectivity index (χ0n) is 9.70. The Morgan fingerprint density at radius 2 is 2.11 bits per heavy atom. The second-order valence-corrected chi connectivity index (χ2v) is 3.63. The average molecular weight is 262 g/mol. The lowest BCUT2D eigenvalue weighted by atomic mass is 10.3. The fourth-order valence-electron chi connectivity index (χ4n) is 1.42. The van der Waals surface area contributed by atoms with Gasteiger partial charge in [-0.15, -0.1) is 0 Å². The highest BCUT2D eigenvalue weighted by Crippen LogP contribution is 2.14. The van der Waals surface area contributed by atoms with E-state index in [1.165, 1.54) is 24.4 Å². The molecule has 0 aliphatic heterocycles. The molecule has 1 aromatic carbocycles. The molecule has 0 aliphatic rings. The highest BCUT2D eigenvalue weighted by Gasteiger charge is 2.12. The van der Waals surface area contributed by atoms with Crippen LogP contribution in [0.15, 0.2) is 30.5 Å². The number of benzene rings is 1. The number of halogens is 1. The van der Waals surface area contributed by atoms with Crippen molar-refractivity contribution in [2.24, 2.45) is 5.73 Å². The number of hydrogen-bond donors (Lipinski definition) is 5. The second kappa shape index (κ2) is 5.17. The minimum atomic E-state index is -0.670. The molecule has 2 amide bonds. The van der Waals surface area contributed by atoms with Crippen LogP contribution in [0.4, 0.5) is 20.7 Å². The monoisotopic (exact) mass is 262 g/mol. The highest BCUT2D eigenvalue weighted by atomic mass is 19.1. The normalized spacial score (nSPS) is 9.95. The summed E-state index contributed by atoms with van der Waals surface area (Å²) in [7, 11) is 0. The molecule has 8 heteroatoms. The number of anilines is 2. The van der Waals surface area contributed by atoms with Crippen molar-refractivity contribution in [1.82, 2.24) is 10.2 Å². The van der Waals surface area contributed by atoms with E-state index in [1.807, 2.05) is 0 Å². The van der Waals surface area contributed by atoms with E-state index >= 15 is 0 Å². The third kappa shape index (κ3) is 2.86. The third-order valence-electron chi connectivity index (χ3n) is 2.29. The maximum atomic E-state index is 13.3. The van der Waals surface area contributed by atoms with Gasteiger partial charge in [0.1, 0.15) is 17.5 Å². The third-order valence-corrected chi connectivity index (χ3v) is 2.29. The number of carbonyl (C=O) groups is 1. The molecule has 2 aromatic rings. The number of carbonyl (C=O) groups excluding carboxylic acids is 1. The van der Waals surface area contributed by atoms with Crippen molar-refractivity contribution < 1.29 is 9.18 Å². The van der Waals surface area contributed by atoms with Crippen LogP contribution in [0.1, 0.15) is 5.56 Å². The van der Waals surface area contributed by atoms with Crippen molar-refractivity contribution in [3.63, 3.8) is 0 Å². The van der Waals surface area contributed by atoms with E-state index < -0.39 is 11.8 Å². The smallest absolute Gasteiger partial charge is 0.324 e. The van der Waals surface area contributed by atoms with Crippen LogP contribution in [0.5, 0.6) is 0 Å². The Labute approximate surface area is 107 Å². The number of aromatic nitrogens is 2. The second-order valence-electron chi connectivity index (χ2n) is 3.63. The minimum absolute atomic E-state index is 0.0453. The molecule has 98 valence electrons. The first-order valence-electron chi connectivity index (χ1n) is 5.28. The summed E-state index contributed by atoms with van der Waals surface area (Å²) >= 11 is 0. The number of nitrogen functional groups attached to an aromatic ring is 1. The van der Waals surface area contributed by atoms with Crippen LogP contribution in [0.25, 0.3) is 0 Å². The lowest BCUT2D eigenvalue weighted by molar-refractivity contribution is 0.262. The molecule has 7 nitrogen and oxygen atoms in total. The molecule has 2 rings (SSSR count). The number of rotatable bonds is 3. The van der Waals surface area contributed by atoms with Crippen molar-refractivity contribution in [3.05, 3.63) is 41.8 Å². The van der Waals surface area contributed by atoms with Gasteiger partial charge >= 0.3 is 6.03 Å². The van der Waals surface area contributed by atoms with Gasteiger partial charge in [0.25, 0.3) is 0 Å². The van der Waals surface area contributed by atoms with Gasteiger partial charge in [-0.1, -0.05) is 12.1 Å². The summed E-state index contributed by atoms with van der Waals surface area (Å²) in [6.45, 7) is 0. The summed E-state index contributed by atoms with van der Waals surface area (Å²) < 4.78 is 13.3. The predicted octanol–water partition coefficient (Wildman–Crippen LogP) is 1.48. The van der Waals surface area contributed by atoms with Crippen LogP contribution in [-0.2, 0) is 0 Å². The summed E-state index contributed by atoms with van der Waals surface area (Å²) in [5.41, 5.74) is 5.60. The van der Waals surface area contributed by atoms with E-state index in [-0.39, 0.29) is 22.9 Å². The highest BCUT2D eigenvalue weighted by molar-refractivity contribution is 6.05. The summed E-state index contributed by atoms with van der Waals surface area (Å²) in [6.07, 6.45) is 1.31. The Balaban J connectivity index is 2.08. The van der Waals surface area contributed by atoms with Gasteiger partial charge in [-0.3, -0.25) is 15.8 Å². The molecule has 0 atom stereocenters. The number of nitrogens with zero attached hydrogens (tertiary/aromatic N) is 1. The van der Waals surface area contributed by atoms with Crippen LogP contribution < -0.4 is 16.4 Å². The number of hydrogen-bond acceptors (Lipinski definition) is 3. The van der Waals surface area contributed by atoms with Gasteiger partial charge in [-0.05, 0) is 12.1 Å². The van der Waals surface area contributed by atoms with Gasteiger partial charge in [-0.2, -0.15) is 5.10 Å². The van der Waals surface area contributed by atoms with Gasteiger partial charge < -0.3 is 11.1 Å². The summed E-state index contributed by atoms with van der Waals surface area (Å²) in [5.74, 6) is -0.620. The van der Waals surface area contributed by atoms with E-state index in [2.05, 4.69) is 20.8 Å². The number of urea groups is 1. The molecule has 6 N–H and O–H groups in total. The Kier molecular flexibility index (Phi) is 3.42. The molecule has 0 bridgehead atoms. The lowest BCUT2D eigenvalue weighted by Crippen LogP contribution is -2.22. The minimum Gasteiger partial charge on any atom is -0.384 e. The quantitative estimate of drug-likeness (QED) is 0.425. The number of nitrogens with two attached hydrogens (primary N) is 1. The SMILES string of the molecule is N=C(N)c1cn[nH]c1NC(=O)Nc1ccccc1F. The molecule has 0 fully saturated rings. The molecule has 0 unspecified atom stereocenters. The average Bonchev–Trinajstić information content (AvgIpc) is 2.80. The fraction of sp³-hybridized carbons (Fsp3) is 0. The van der Waals surface area contributed by atoms with E-state index in [0.29, 0.717) is 0 Å². The lowest BCUT2D eigenvalue weighted by Gasteiger charge is -2.07. The van der Waals surface area contributed by atoms with Gasteiger partial charge in [0, 0.05) is 0 Å². The number of amides is 2. The molecule has 0 saturated carbocycles. The summed E-state index contributed by atoms with van der Waals surface area (Å²) in [6, 6.07) is 5.09. The first-order valence-corrected chi connectivity index (χ1v) is 5.28. The Bertz CT molecular complexity index is 623. The number of aromatic amines is 1. The van der Waals surface area contributed by atoms with E-state index in [0.717, 1.165) is 0 Å². The number of H-pyrrole nitrogens is 1. The predicted molar refractivity (Wildman–Crippen MR) is 68.6 cm³/mol. The van der Waals surface area contributed by atoms with Crippen molar-refractivity contribution in [2.75, 3.05) is 10.6 Å². The molecule has 1 heterocycles. The topological polar surface area (TPSA) is 120 Å². The molecule has 1 aromatic heterocycles. The van der Waals surface area contributed by atoms with Crippen molar-refractivity contribution in [2.45, 2.75) is 0 Å². The van der Waals surface area contributed by atoms with Crippen LogP contribution in [0.2, 0.25) is 0 Å². The van der Waals surface area contributed by atoms with Gasteiger partial charge in [0.15, 0.2) is 0 Å². The molecule has 0 aliphatic carbocycles. The Morgan fingerprint density at radius 1 is 1.37 bits per heavy atom. The molecule has 0 spiro atoms. The summed E-state index contributed by atoms with van der Waals surface area (Å²) in [5, 5.41) is 18.1. The van der Waals surface area contributed by atoms with Crippen molar-refractivity contribution >= 4 is 23.4 Å². The van der Waals surface area contributed by atoms with Gasteiger partial charge in [-0.25, -0.2) is 9.18 Å². The van der Waals surface area contributed by atoms with Crippen LogP contribution in [0.3, 0.4) is 0 Å². The van der Waals surface area contributed by atoms with E-state index in [1.54, 1.807) is 6.07 Å². The number of amidine groups is 1. The largest absolute Gasteiger partial charge is 0.384 e. The van der Waals surface area contributed by atoms with Crippen LogP contribution >= 0.6 is 0 Å². The molecular formula is C11H11FN6O. The molecular weight excluding hydrogens is 251 g/mol. The zero-order valence-corrected chi connectivity index (χ0v) is 9.70. The van der Waals surface area contributed by atoms with Gasteiger partial charge in [0.05, 0.1) is 17.4 Å². The number of nitrogens with one attached hydrogen (secondary N) is 4. The first-order chi connectivity index (χ1) is 9.08. The standard InChI is InChI=1S/C11H11FN6O/c12-7-3-1-2-4-8(7)16-11(19)17-10-6(9(13)14)5-15-18-10/h1-5H,(H3,13,14)(H3,15,16,17,18,19).